The second-order valence-electron chi connectivity index (χ2n) is 7.74. The van der Waals surface area contributed by atoms with E-state index in [1.165, 1.54) is 16.7 Å². The molecule has 1 aliphatic heterocycles. The molecule has 2 aliphatic rings. The zero-order valence-corrected chi connectivity index (χ0v) is 15.1. The van der Waals surface area contributed by atoms with Crippen LogP contribution in [-0.2, 0) is 15.6 Å². The summed E-state index contributed by atoms with van der Waals surface area (Å²) in [6, 6.07) is 19.7. The largest absolute Gasteiger partial charge is 0.361 e. The van der Waals surface area contributed by atoms with Crippen LogP contribution in [0, 0.1) is 0 Å². The van der Waals surface area contributed by atoms with Crippen LogP contribution < -0.4 is 0 Å². The van der Waals surface area contributed by atoms with Crippen LogP contribution in [0.1, 0.15) is 49.6 Å². The van der Waals surface area contributed by atoms with Gasteiger partial charge in [-0.15, -0.1) is 11.8 Å². The third-order valence-corrected chi connectivity index (χ3v) is 8.00. The summed E-state index contributed by atoms with van der Waals surface area (Å²) in [6.45, 7) is 10.2. The van der Waals surface area contributed by atoms with Crippen LogP contribution in [0.4, 0.5) is 0 Å². The minimum atomic E-state index is -0.218. The molecule has 2 aromatic carbocycles. The van der Waals surface area contributed by atoms with E-state index in [4.69, 9.17) is 4.74 Å². The summed E-state index contributed by atoms with van der Waals surface area (Å²) in [7, 11) is 0. The van der Waals surface area contributed by atoms with Crippen molar-refractivity contribution in [3.05, 3.63) is 71.3 Å². The molecule has 4 rings (SSSR count). The molecule has 0 aromatic heterocycles. The maximum Gasteiger partial charge on any atom is 0.132 e. The number of ether oxygens (including phenoxy) is 1. The van der Waals surface area contributed by atoms with Gasteiger partial charge in [0.05, 0.1) is 11.9 Å². The fourth-order valence-corrected chi connectivity index (χ4v) is 6.43. The fourth-order valence-electron chi connectivity index (χ4n) is 4.66. The highest BCUT2D eigenvalue weighted by Gasteiger charge is 2.67. The minimum Gasteiger partial charge on any atom is -0.361 e. The van der Waals surface area contributed by atoms with Crippen molar-refractivity contribution in [2.24, 2.45) is 0 Å². The zero-order chi connectivity index (χ0) is 16.3. The Kier molecular flexibility index (Phi) is 3.24. The van der Waals surface area contributed by atoms with E-state index >= 15 is 0 Å². The van der Waals surface area contributed by atoms with Gasteiger partial charge in [-0.1, -0.05) is 82.3 Å². The molecular formula is C21H24OS. The Hall–Kier alpha value is -1.25. The third-order valence-electron chi connectivity index (χ3n) is 5.84. The van der Waals surface area contributed by atoms with Gasteiger partial charge in [0.25, 0.3) is 0 Å². The van der Waals surface area contributed by atoms with Gasteiger partial charge in [-0.2, -0.15) is 0 Å². The van der Waals surface area contributed by atoms with E-state index in [1.807, 2.05) is 11.8 Å². The Morgan fingerprint density at radius 3 is 1.91 bits per heavy atom. The van der Waals surface area contributed by atoms with E-state index in [2.05, 4.69) is 82.3 Å². The van der Waals surface area contributed by atoms with Gasteiger partial charge >= 0.3 is 0 Å². The molecule has 1 atom stereocenters. The molecule has 0 bridgehead atoms. The molecule has 1 unspecified atom stereocenters. The molecule has 1 nitrogen and oxygen atoms in total. The monoisotopic (exact) mass is 324 g/mol. The van der Waals surface area contributed by atoms with E-state index in [-0.39, 0.29) is 15.8 Å². The maximum absolute atomic E-state index is 6.64. The molecule has 23 heavy (non-hydrogen) atoms. The van der Waals surface area contributed by atoms with Crippen LogP contribution in [0.5, 0.6) is 0 Å². The van der Waals surface area contributed by atoms with Gasteiger partial charge in [-0.25, -0.2) is 0 Å². The topological polar surface area (TPSA) is 9.23 Å². The number of thioether (sulfide) groups is 1. The Morgan fingerprint density at radius 1 is 0.826 bits per heavy atom. The lowest BCUT2D eigenvalue weighted by Crippen LogP contribution is -2.51. The predicted molar refractivity (Wildman–Crippen MR) is 98.0 cm³/mol. The molecule has 1 spiro atoms. The lowest BCUT2D eigenvalue weighted by molar-refractivity contribution is -0.0369. The molecule has 0 saturated carbocycles. The zero-order valence-electron chi connectivity index (χ0n) is 14.3. The summed E-state index contributed by atoms with van der Waals surface area (Å²) < 4.78 is 6.64. The molecule has 1 saturated heterocycles. The number of hydrogen-bond donors (Lipinski definition) is 0. The first-order chi connectivity index (χ1) is 10.9. The molecule has 0 radical (unpaired) electrons. The van der Waals surface area contributed by atoms with Crippen LogP contribution in [0.25, 0.3) is 0 Å². The molecule has 2 aromatic rings. The van der Waals surface area contributed by atoms with Gasteiger partial charge in [0.2, 0.25) is 0 Å². The molecule has 2 heteroatoms. The highest BCUT2D eigenvalue weighted by atomic mass is 32.2. The van der Waals surface area contributed by atoms with Crippen molar-refractivity contribution in [1.29, 1.82) is 0 Å². The van der Waals surface area contributed by atoms with Gasteiger partial charge in [0.15, 0.2) is 0 Å². The van der Waals surface area contributed by atoms with Crippen molar-refractivity contribution in [3.63, 3.8) is 0 Å². The van der Waals surface area contributed by atoms with E-state index in [9.17, 15) is 0 Å². The van der Waals surface area contributed by atoms with Gasteiger partial charge in [0, 0.05) is 10.8 Å². The fraction of sp³-hybridized carbons (Fsp3) is 0.429. The quantitative estimate of drug-likeness (QED) is 0.689. The van der Waals surface area contributed by atoms with Crippen LogP contribution >= 0.6 is 11.8 Å². The van der Waals surface area contributed by atoms with Gasteiger partial charge in [-0.05, 0) is 16.7 Å². The molecule has 1 aliphatic carbocycles. The highest BCUT2D eigenvalue weighted by Crippen LogP contribution is 2.68. The molecular weight excluding hydrogens is 300 g/mol. The molecule has 1 fully saturated rings. The SMILES string of the molecule is CC1(C)c2ccccc2C(C)(C)C12OCC(c1ccccc1)S2. The lowest BCUT2D eigenvalue weighted by atomic mass is 9.77. The van der Waals surface area contributed by atoms with E-state index in [0.29, 0.717) is 5.25 Å². The van der Waals surface area contributed by atoms with E-state index < -0.39 is 0 Å². The van der Waals surface area contributed by atoms with Crippen LogP contribution in [0.2, 0.25) is 0 Å². The van der Waals surface area contributed by atoms with Crippen LogP contribution in [0.3, 0.4) is 0 Å². The highest BCUT2D eigenvalue weighted by molar-refractivity contribution is 8.01. The smallest absolute Gasteiger partial charge is 0.132 e. The first kappa shape index (κ1) is 15.3. The summed E-state index contributed by atoms with van der Waals surface area (Å²) in [6.07, 6.45) is 0. The first-order valence-electron chi connectivity index (χ1n) is 8.37. The van der Waals surface area contributed by atoms with Gasteiger partial charge in [0.1, 0.15) is 4.93 Å². The standard InChI is InChI=1S/C21H24OS/c1-19(2)16-12-8-9-13-17(16)20(3,4)21(19)22-14-18(23-21)15-10-6-5-7-11-15/h5-13,18H,14H2,1-4H3. The maximum atomic E-state index is 6.64. The normalized spacial score (nSPS) is 26.3. The van der Waals surface area contributed by atoms with Crippen molar-refractivity contribution in [2.45, 2.75) is 48.7 Å². The summed E-state index contributed by atoms with van der Waals surface area (Å²) >= 11 is 2.02. The van der Waals surface area contributed by atoms with Gasteiger partial charge < -0.3 is 4.74 Å². The predicted octanol–water partition coefficient (Wildman–Crippen LogP) is 5.46. The van der Waals surface area contributed by atoms with Crippen molar-refractivity contribution < 1.29 is 4.74 Å². The average molecular weight is 324 g/mol. The minimum absolute atomic E-state index is 0.0126. The summed E-state index contributed by atoms with van der Waals surface area (Å²) in [5, 5.41) is 0.407. The third kappa shape index (κ3) is 1.85. The van der Waals surface area contributed by atoms with Crippen molar-refractivity contribution in [2.75, 3.05) is 6.61 Å². The van der Waals surface area contributed by atoms with E-state index in [0.717, 1.165) is 6.61 Å². The lowest BCUT2D eigenvalue weighted by Gasteiger charge is -2.45. The number of benzene rings is 2. The average Bonchev–Trinajstić information content (AvgIpc) is 3.07. The second kappa shape index (κ2) is 4.87. The van der Waals surface area contributed by atoms with Crippen molar-refractivity contribution in [1.82, 2.24) is 0 Å². The van der Waals surface area contributed by atoms with Crippen LogP contribution in [0.15, 0.2) is 54.6 Å². The molecule has 1 heterocycles. The second-order valence-corrected chi connectivity index (χ2v) is 9.12. The van der Waals surface area contributed by atoms with Crippen molar-refractivity contribution in [3.8, 4) is 0 Å². The summed E-state index contributed by atoms with van der Waals surface area (Å²) in [5.41, 5.74) is 4.22. The first-order valence-corrected chi connectivity index (χ1v) is 9.25. The number of hydrogen-bond acceptors (Lipinski definition) is 2. The molecule has 0 N–H and O–H groups in total. The molecule has 120 valence electrons. The van der Waals surface area contributed by atoms with E-state index in [1.54, 1.807) is 0 Å². The Morgan fingerprint density at radius 2 is 1.35 bits per heavy atom. The summed E-state index contributed by atoms with van der Waals surface area (Å²) in [5.74, 6) is 0. The van der Waals surface area contributed by atoms with Crippen molar-refractivity contribution >= 4 is 11.8 Å². The summed E-state index contributed by atoms with van der Waals surface area (Å²) in [4.78, 5) is -0.218. The van der Waals surface area contributed by atoms with Gasteiger partial charge in [-0.3, -0.25) is 0 Å². The molecule has 0 amide bonds. The Labute approximate surface area is 143 Å². The number of fused-ring (bicyclic) bond motifs is 1. The number of rotatable bonds is 1. The van der Waals surface area contributed by atoms with Crippen LogP contribution in [-0.4, -0.2) is 11.5 Å². The Bertz CT molecular complexity index is 698. The Balaban J connectivity index is 1.80.